The van der Waals surface area contributed by atoms with Crippen LogP contribution >= 0.6 is 23.4 Å². The molecule has 4 heteroatoms. The maximum atomic E-state index is 5.79. The van der Waals surface area contributed by atoms with Crippen LogP contribution < -0.4 is 5.73 Å². The molecule has 9 heavy (non-hydrogen) atoms. The summed E-state index contributed by atoms with van der Waals surface area (Å²) in [6, 6.07) is 0.0397. The predicted octanol–water partition coefficient (Wildman–Crippen LogP) is 1.13. The van der Waals surface area contributed by atoms with Crippen LogP contribution in [0.2, 0.25) is 0 Å². The molecule has 0 amide bonds. The molecule has 1 saturated heterocycles. The number of nitrogens with two attached hydrogens (primary N) is 1. The Kier molecular flexibility index (Phi) is 2.59. The minimum absolute atomic E-state index is 0.0397. The highest BCUT2D eigenvalue weighted by atomic mass is 35.5. The van der Waals surface area contributed by atoms with Crippen molar-refractivity contribution in [1.82, 2.24) is 4.42 Å². The molecule has 0 aromatic carbocycles. The van der Waals surface area contributed by atoms with Crippen LogP contribution in [-0.4, -0.2) is 22.5 Å². The van der Waals surface area contributed by atoms with E-state index in [-0.39, 0.29) is 11.5 Å². The molecule has 2 atom stereocenters. The highest BCUT2D eigenvalue weighted by Crippen LogP contribution is 2.20. The summed E-state index contributed by atoms with van der Waals surface area (Å²) in [4.78, 5) is 0. The first-order valence-electron chi connectivity index (χ1n) is 3.04. The summed E-state index contributed by atoms with van der Waals surface area (Å²) < 4.78 is 1.57. The van der Waals surface area contributed by atoms with E-state index in [4.69, 9.17) is 29.1 Å². The number of alkyl halides is 1. The Morgan fingerprint density at radius 1 is 1.56 bits per heavy atom. The number of rotatable bonds is 0. The Morgan fingerprint density at radius 2 is 2.22 bits per heavy atom. The zero-order valence-corrected chi connectivity index (χ0v) is 6.57. The summed E-state index contributed by atoms with van der Waals surface area (Å²) in [6.07, 6.45) is 2.03. The standard InChI is InChI=1S/C5H10Cl2N2/c6-5-4(8)2-1-3-9(5)7/h4-5H,1-3,8H2/t4-,5+/m1/s1. The van der Waals surface area contributed by atoms with Crippen molar-refractivity contribution in [2.45, 2.75) is 24.4 Å². The fourth-order valence-corrected chi connectivity index (χ4v) is 1.43. The summed E-state index contributed by atoms with van der Waals surface area (Å²) in [6.45, 7) is 0.851. The Bertz CT molecular complexity index is 89.0. The largest absolute Gasteiger partial charge is 0.325 e. The Labute approximate surface area is 65.0 Å². The molecule has 1 heterocycles. The molecule has 0 aromatic heterocycles. The first kappa shape index (κ1) is 7.61. The molecule has 54 valence electrons. The van der Waals surface area contributed by atoms with Crippen LogP contribution in [0.1, 0.15) is 12.8 Å². The van der Waals surface area contributed by atoms with Crippen molar-refractivity contribution in [1.29, 1.82) is 0 Å². The van der Waals surface area contributed by atoms with Crippen molar-refractivity contribution < 1.29 is 0 Å². The fourth-order valence-electron chi connectivity index (χ4n) is 0.947. The molecule has 0 saturated carbocycles. The normalized spacial score (nSPS) is 39.0. The molecule has 1 aliphatic heterocycles. The van der Waals surface area contributed by atoms with E-state index in [1.54, 1.807) is 4.42 Å². The first-order chi connectivity index (χ1) is 4.22. The van der Waals surface area contributed by atoms with E-state index in [1.807, 2.05) is 0 Å². The van der Waals surface area contributed by atoms with E-state index in [2.05, 4.69) is 0 Å². The second-order valence-electron chi connectivity index (χ2n) is 2.30. The topological polar surface area (TPSA) is 29.3 Å². The number of piperidine rings is 1. The lowest BCUT2D eigenvalue weighted by Gasteiger charge is -2.30. The van der Waals surface area contributed by atoms with Gasteiger partial charge in [-0.05, 0) is 24.6 Å². The Hall–Kier alpha value is 0.500. The van der Waals surface area contributed by atoms with Crippen molar-refractivity contribution in [3.05, 3.63) is 0 Å². The van der Waals surface area contributed by atoms with Gasteiger partial charge in [0, 0.05) is 12.6 Å². The van der Waals surface area contributed by atoms with E-state index in [9.17, 15) is 0 Å². The summed E-state index contributed by atoms with van der Waals surface area (Å²) in [5.41, 5.74) is 5.43. The summed E-state index contributed by atoms with van der Waals surface area (Å²) in [7, 11) is 0. The third-order valence-electron chi connectivity index (χ3n) is 1.53. The Balaban J connectivity index is 2.41. The minimum Gasteiger partial charge on any atom is -0.325 e. The molecule has 0 aromatic rings. The third kappa shape index (κ3) is 1.71. The number of nitrogens with zero attached hydrogens (tertiary/aromatic N) is 1. The van der Waals surface area contributed by atoms with E-state index in [1.165, 1.54) is 0 Å². The zero-order chi connectivity index (χ0) is 6.85. The quantitative estimate of drug-likeness (QED) is 0.334. The monoisotopic (exact) mass is 168 g/mol. The molecule has 1 rings (SSSR count). The highest BCUT2D eigenvalue weighted by molar-refractivity contribution is 6.25. The van der Waals surface area contributed by atoms with Crippen LogP contribution in [0.15, 0.2) is 0 Å². The number of hydrogen-bond donors (Lipinski definition) is 1. The zero-order valence-electron chi connectivity index (χ0n) is 5.06. The van der Waals surface area contributed by atoms with Crippen LogP contribution in [0.5, 0.6) is 0 Å². The van der Waals surface area contributed by atoms with Gasteiger partial charge in [-0.15, -0.1) is 11.6 Å². The van der Waals surface area contributed by atoms with E-state index >= 15 is 0 Å². The van der Waals surface area contributed by atoms with Gasteiger partial charge < -0.3 is 5.73 Å². The van der Waals surface area contributed by atoms with Gasteiger partial charge in [0.05, 0.1) is 0 Å². The molecular formula is C5H10Cl2N2. The number of hydrogen-bond acceptors (Lipinski definition) is 2. The molecular weight excluding hydrogens is 159 g/mol. The van der Waals surface area contributed by atoms with Crippen molar-refractivity contribution in [3.63, 3.8) is 0 Å². The van der Waals surface area contributed by atoms with E-state index in [0.717, 1.165) is 19.4 Å². The maximum Gasteiger partial charge on any atom is 0.114 e. The van der Waals surface area contributed by atoms with Crippen molar-refractivity contribution in [2.24, 2.45) is 5.73 Å². The van der Waals surface area contributed by atoms with Crippen molar-refractivity contribution in [3.8, 4) is 0 Å². The average molecular weight is 169 g/mol. The Morgan fingerprint density at radius 3 is 2.67 bits per heavy atom. The second kappa shape index (κ2) is 3.06. The summed E-state index contributed by atoms with van der Waals surface area (Å²) in [5, 5.41) is 0. The van der Waals surface area contributed by atoms with Gasteiger partial charge in [-0.3, -0.25) is 0 Å². The van der Waals surface area contributed by atoms with Gasteiger partial charge in [0.2, 0.25) is 0 Å². The lowest BCUT2D eigenvalue weighted by molar-refractivity contribution is 0.299. The molecule has 0 spiro atoms. The van der Waals surface area contributed by atoms with Gasteiger partial charge in [0.15, 0.2) is 0 Å². The first-order valence-corrected chi connectivity index (χ1v) is 3.81. The van der Waals surface area contributed by atoms with E-state index < -0.39 is 0 Å². The molecule has 1 fully saturated rings. The smallest absolute Gasteiger partial charge is 0.114 e. The van der Waals surface area contributed by atoms with Crippen LogP contribution in [0.3, 0.4) is 0 Å². The minimum atomic E-state index is -0.180. The van der Waals surface area contributed by atoms with Gasteiger partial charge in [-0.1, -0.05) is 0 Å². The third-order valence-corrected chi connectivity index (χ3v) is 2.57. The molecule has 0 aliphatic carbocycles. The second-order valence-corrected chi connectivity index (χ2v) is 3.18. The van der Waals surface area contributed by atoms with Gasteiger partial charge >= 0.3 is 0 Å². The molecule has 2 N–H and O–H groups in total. The lowest BCUT2D eigenvalue weighted by atomic mass is 10.1. The molecule has 0 radical (unpaired) electrons. The predicted molar refractivity (Wildman–Crippen MR) is 39.4 cm³/mol. The summed E-state index contributed by atoms with van der Waals surface area (Å²) in [5.74, 6) is 0. The lowest BCUT2D eigenvalue weighted by Crippen LogP contribution is -2.44. The molecule has 2 nitrogen and oxygen atoms in total. The van der Waals surface area contributed by atoms with Gasteiger partial charge in [0.25, 0.3) is 0 Å². The SMILES string of the molecule is N[C@@H]1CCCN(Cl)[C@@H]1Cl. The fraction of sp³-hybridized carbons (Fsp3) is 1.00. The van der Waals surface area contributed by atoms with Crippen LogP contribution in [0.4, 0.5) is 0 Å². The van der Waals surface area contributed by atoms with Crippen LogP contribution in [-0.2, 0) is 0 Å². The van der Waals surface area contributed by atoms with Gasteiger partial charge in [-0.2, -0.15) is 0 Å². The maximum absolute atomic E-state index is 5.79. The summed E-state index contributed by atoms with van der Waals surface area (Å²) >= 11 is 11.5. The van der Waals surface area contributed by atoms with Crippen molar-refractivity contribution in [2.75, 3.05) is 6.54 Å². The molecule has 1 aliphatic rings. The molecule has 0 unspecified atom stereocenters. The average Bonchev–Trinajstić information content (AvgIpc) is 1.83. The van der Waals surface area contributed by atoms with Gasteiger partial charge in [0.1, 0.15) is 5.50 Å². The highest BCUT2D eigenvalue weighted by Gasteiger charge is 2.25. The van der Waals surface area contributed by atoms with Gasteiger partial charge in [-0.25, -0.2) is 4.42 Å². The number of halogens is 2. The van der Waals surface area contributed by atoms with Crippen LogP contribution in [0.25, 0.3) is 0 Å². The van der Waals surface area contributed by atoms with E-state index in [0.29, 0.717) is 0 Å². The molecule has 0 bridgehead atoms. The van der Waals surface area contributed by atoms with Crippen LogP contribution in [0, 0.1) is 0 Å². The van der Waals surface area contributed by atoms with Crippen molar-refractivity contribution >= 4 is 23.4 Å².